The van der Waals surface area contributed by atoms with Crippen LogP contribution >= 0.6 is 11.3 Å². The second-order valence-electron chi connectivity index (χ2n) is 6.97. The molecule has 3 aromatic rings. The largest absolute Gasteiger partial charge is 0.493 e. The number of carbonyl (C=O) groups is 2. The third kappa shape index (κ3) is 3.74. The van der Waals surface area contributed by atoms with Gasteiger partial charge in [0.1, 0.15) is 10.7 Å². The van der Waals surface area contributed by atoms with Gasteiger partial charge >= 0.3 is 5.97 Å². The molecule has 1 atom stereocenters. The highest BCUT2D eigenvalue weighted by Crippen LogP contribution is 2.51. The summed E-state index contributed by atoms with van der Waals surface area (Å²) < 4.78 is 24.7. The van der Waals surface area contributed by atoms with Gasteiger partial charge in [0.2, 0.25) is 5.91 Å². The van der Waals surface area contributed by atoms with E-state index in [0.29, 0.717) is 39.8 Å². The lowest BCUT2D eigenvalue weighted by atomic mass is 9.88. The molecular formula is C23H20FNO5S. The number of nitrogens with one attached hydrogen (secondary N) is 1. The first-order valence-electron chi connectivity index (χ1n) is 9.70. The number of anilines is 1. The SMILES string of the molecule is CCOc1c(OC)cccc1[C@@H]1CC(=O)Nc2c1sc(C(=O)O)c2-c1ccc(F)cc1. The Morgan fingerprint density at radius 1 is 1.26 bits per heavy atom. The van der Waals surface area contributed by atoms with Gasteiger partial charge in [0.05, 0.1) is 19.4 Å². The summed E-state index contributed by atoms with van der Waals surface area (Å²) >= 11 is 1.11. The van der Waals surface area contributed by atoms with Crippen molar-refractivity contribution in [3.8, 4) is 22.6 Å². The van der Waals surface area contributed by atoms with Crippen molar-refractivity contribution < 1.29 is 28.6 Å². The molecule has 0 unspecified atom stereocenters. The summed E-state index contributed by atoms with van der Waals surface area (Å²) in [6.45, 7) is 2.26. The van der Waals surface area contributed by atoms with E-state index in [1.165, 1.54) is 24.3 Å². The number of fused-ring (bicyclic) bond motifs is 1. The molecule has 0 aliphatic carbocycles. The van der Waals surface area contributed by atoms with Crippen LogP contribution in [0.2, 0.25) is 0 Å². The molecule has 160 valence electrons. The van der Waals surface area contributed by atoms with Crippen LogP contribution in [0.5, 0.6) is 11.5 Å². The minimum atomic E-state index is -1.11. The number of halogens is 1. The Bertz CT molecular complexity index is 1160. The van der Waals surface area contributed by atoms with Crippen LogP contribution in [0, 0.1) is 5.82 Å². The molecule has 0 fully saturated rings. The highest BCUT2D eigenvalue weighted by molar-refractivity contribution is 7.15. The summed E-state index contributed by atoms with van der Waals surface area (Å²) in [5, 5.41) is 12.7. The number of carboxylic acids is 1. The maximum Gasteiger partial charge on any atom is 0.346 e. The zero-order valence-electron chi connectivity index (χ0n) is 16.9. The lowest BCUT2D eigenvalue weighted by Crippen LogP contribution is -2.23. The van der Waals surface area contributed by atoms with Gasteiger partial charge in [0.15, 0.2) is 11.5 Å². The molecule has 0 saturated heterocycles. The Balaban J connectivity index is 1.94. The van der Waals surface area contributed by atoms with E-state index in [0.717, 1.165) is 16.9 Å². The summed E-state index contributed by atoms with van der Waals surface area (Å²) in [6.07, 6.45) is 0.142. The van der Waals surface area contributed by atoms with Gasteiger partial charge in [0, 0.05) is 28.3 Å². The standard InChI is InChI=1S/C23H20FNO5S/c1-3-30-20-14(5-4-6-16(20)29-2)15-11-17(26)25-19-18(12-7-9-13(24)10-8-12)22(23(27)28)31-21(15)19/h4-10,15H,3,11H2,1-2H3,(H,25,26)(H,27,28)/t15-/m0/s1. The lowest BCUT2D eigenvalue weighted by Gasteiger charge is -2.26. The van der Waals surface area contributed by atoms with Crippen LogP contribution in [0.4, 0.5) is 10.1 Å². The monoisotopic (exact) mass is 441 g/mol. The molecule has 1 aliphatic rings. The van der Waals surface area contributed by atoms with Crippen molar-refractivity contribution in [3.05, 3.63) is 63.6 Å². The first-order valence-corrected chi connectivity index (χ1v) is 10.5. The van der Waals surface area contributed by atoms with Gasteiger partial charge in [-0.2, -0.15) is 0 Å². The number of rotatable bonds is 6. The maximum absolute atomic E-state index is 13.5. The van der Waals surface area contributed by atoms with Crippen molar-refractivity contribution in [2.24, 2.45) is 0 Å². The van der Waals surface area contributed by atoms with Gasteiger partial charge in [-0.05, 0) is 30.7 Å². The first-order chi connectivity index (χ1) is 14.9. The molecule has 0 radical (unpaired) electrons. The van der Waals surface area contributed by atoms with Crippen molar-refractivity contribution in [2.75, 3.05) is 19.0 Å². The van der Waals surface area contributed by atoms with Crippen molar-refractivity contribution in [1.29, 1.82) is 0 Å². The predicted octanol–water partition coefficient (Wildman–Crippen LogP) is 5.13. The quantitative estimate of drug-likeness (QED) is 0.554. The minimum absolute atomic E-state index is 0.0877. The number of amides is 1. The van der Waals surface area contributed by atoms with E-state index >= 15 is 0 Å². The Morgan fingerprint density at radius 3 is 2.65 bits per heavy atom. The number of methoxy groups -OCH3 is 1. The number of carbonyl (C=O) groups excluding carboxylic acids is 1. The zero-order valence-corrected chi connectivity index (χ0v) is 17.7. The van der Waals surface area contributed by atoms with Gasteiger partial charge in [-0.1, -0.05) is 24.3 Å². The van der Waals surface area contributed by atoms with E-state index in [1.54, 1.807) is 13.2 Å². The van der Waals surface area contributed by atoms with E-state index < -0.39 is 17.7 Å². The summed E-state index contributed by atoms with van der Waals surface area (Å²) in [7, 11) is 1.54. The van der Waals surface area contributed by atoms with Gasteiger partial charge in [-0.25, -0.2) is 9.18 Å². The predicted molar refractivity (Wildman–Crippen MR) is 116 cm³/mol. The molecule has 0 bridgehead atoms. The molecule has 2 N–H and O–H groups in total. The number of para-hydroxylation sites is 1. The van der Waals surface area contributed by atoms with E-state index in [4.69, 9.17) is 9.47 Å². The van der Waals surface area contributed by atoms with Gasteiger partial charge < -0.3 is 19.9 Å². The molecule has 31 heavy (non-hydrogen) atoms. The fourth-order valence-electron chi connectivity index (χ4n) is 3.85. The van der Waals surface area contributed by atoms with E-state index in [9.17, 15) is 19.1 Å². The normalized spacial score (nSPS) is 15.2. The van der Waals surface area contributed by atoms with Gasteiger partial charge in [-0.3, -0.25) is 4.79 Å². The Kier molecular flexibility index (Phi) is 5.65. The first kappa shape index (κ1) is 20.9. The summed E-state index contributed by atoms with van der Waals surface area (Å²) in [4.78, 5) is 25.5. The van der Waals surface area contributed by atoms with E-state index in [2.05, 4.69) is 5.32 Å². The smallest absolute Gasteiger partial charge is 0.346 e. The second kappa shape index (κ2) is 8.39. The van der Waals surface area contributed by atoms with Crippen molar-refractivity contribution in [1.82, 2.24) is 0 Å². The molecule has 4 rings (SSSR count). The molecule has 0 saturated carbocycles. The average molecular weight is 441 g/mol. The van der Waals surface area contributed by atoms with Crippen LogP contribution in [-0.4, -0.2) is 30.7 Å². The van der Waals surface area contributed by atoms with E-state index in [1.807, 2.05) is 19.1 Å². The van der Waals surface area contributed by atoms with Crippen LogP contribution < -0.4 is 14.8 Å². The molecular weight excluding hydrogens is 421 g/mol. The van der Waals surface area contributed by atoms with Crippen LogP contribution in [-0.2, 0) is 4.79 Å². The lowest BCUT2D eigenvalue weighted by molar-refractivity contribution is -0.116. The summed E-state index contributed by atoms with van der Waals surface area (Å²) in [5.41, 5.74) is 2.10. The molecule has 2 heterocycles. The molecule has 2 aromatic carbocycles. The number of hydrogen-bond donors (Lipinski definition) is 2. The van der Waals surface area contributed by atoms with Gasteiger partial charge in [0.25, 0.3) is 0 Å². The Hall–Kier alpha value is -3.39. The van der Waals surface area contributed by atoms with Crippen molar-refractivity contribution >= 4 is 28.9 Å². The topological polar surface area (TPSA) is 84.9 Å². The zero-order chi connectivity index (χ0) is 22.1. The number of hydrogen-bond acceptors (Lipinski definition) is 5. The fraction of sp³-hybridized carbons (Fsp3) is 0.217. The number of carboxylic acid groups (broad SMARTS) is 1. The van der Waals surface area contributed by atoms with Gasteiger partial charge in [-0.15, -0.1) is 11.3 Å². The highest BCUT2D eigenvalue weighted by Gasteiger charge is 2.36. The molecule has 0 spiro atoms. The third-order valence-corrected chi connectivity index (χ3v) is 6.42. The van der Waals surface area contributed by atoms with Crippen molar-refractivity contribution in [3.63, 3.8) is 0 Å². The molecule has 8 heteroatoms. The second-order valence-corrected chi connectivity index (χ2v) is 8.03. The fourth-order valence-corrected chi connectivity index (χ4v) is 5.08. The Morgan fingerprint density at radius 2 is 2.00 bits per heavy atom. The van der Waals surface area contributed by atoms with Crippen LogP contribution in [0.25, 0.3) is 11.1 Å². The van der Waals surface area contributed by atoms with Crippen LogP contribution in [0.15, 0.2) is 42.5 Å². The Labute approximate surface area is 182 Å². The van der Waals surface area contributed by atoms with Crippen LogP contribution in [0.1, 0.15) is 39.4 Å². The number of benzene rings is 2. The number of thiophene rings is 1. The minimum Gasteiger partial charge on any atom is -0.493 e. The molecule has 6 nitrogen and oxygen atoms in total. The maximum atomic E-state index is 13.5. The molecule has 1 aromatic heterocycles. The van der Waals surface area contributed by atoms with Crippen molar-refractivity contribution in [2.45, 2.75) is 19.3 Å². The summed E-state index contributed by atoms with van der Waals surface area (Å²) in [6, 6.07) is 11.0. The number of ether oxygens (including phenoxy) is 2. The molecule has 1 amide bonds. The van der Waals surface area contributed by atoms with Crippen LogP contribution in [0.3, 0.4) is 0 Å². The summed E-state index contributed by atoms with van der Waals surface area (Å²) in [5.74, 6) is -1.10. The molecule has 1 aliphatic heterocycles. The van der Waals surface area contributed by atoms with E-state index in [-0.39, 0.29) is 17.2 Å². The third-order valence-electron chi connectivity index (χ3n) is 5.13. The average Bonchev–Trinajstić information content (AvgIpc) is 3.14. The number of aromatic carboxylic acids is 1. The highest BCUT2D eigenvalue weighted by atomic mass is 32.1.